The van der Waals surface area contributed by atoms with E-state index in [0.717, 1.165) is 0 Å². The zero-order valence-electron chi connectivity index (χ0n) is 13.1. The lowest BCUT2D eigenvalue weighted by Gasteiger charge is -2.12. The van der Waals surface area contributed by atoms with Gasteiger partial charge < -0.3 is 4.74 Å². The molecule has 10 heteroatoms. The SMILES string of the molecule is O=C1CCC(C(=O)NNC(=O)CCCOc2ccc(Cl)cc2Cl)=NN1. The summed E-state index contributed by atoms with van der Waals surface area (Å²) in [6.07, 6.45) is 0.986. The molecule has 0 unspecified atom stereocenters. The van der Waals surface area contributed by atoms with Crippen molar-refractivity contribution >= 4 is 46.6 Å². The fourth-order valence-electron chi connectivity index (χ4n) is 1.91. The number of rotatable bonds is 6. The highest BCUT2D eigenvalue weighted by Crippen LogP contribution is 2.27. The van der Waals surface area contributed by atoms with E-state index in [1.807, 2.05) is 0 Å². The Morgan fingerprint density at radius 1 is 1.24 bits per heavy atom. The Balaban J connectivity index is 1.64. The van der Waals surface area contributed by atoms with Crippen LogP contribution in [-0.4, -0.2) is 30.0 Å². The second-order valence-corrected chi connectivity index (χ2v) is 5.97. The van der Waals surface area contributed by atoms with Crippen molar-refractivity contribution in [2.45, 2.75) is 25.7 Å². The van der Waals surface area contributed by atoms with Crippen molar-refractivity contribution < 1.29 is 19.1 Å². The molecule has 1 aromatic rings. The van der Waals surface area contributed by atoms with Crippen molar-refractivity contribution in [2.75, 3.05) is 6.61 Å². The Morgan fingerprint density at radius 3 is 2.72 bits per heavy atom. The summed E-state index contributed by atoms with van der Waals surface area (Å²) in [6, 6.07) is 4.87. The molecule has 1 aliphatic rings. The standard InChI is InChI=1S/C15H16Cl2N4O4/c16-9-3-5-12(10(17)8-9)25-7-1-2-13(22)20-21-15(24)11-4-6-14(23)19-18-11/h3,5,8H,1-2,4,6-7H2,(H,19,23)(H,20,22)(H,21,24). The van der Waals surface area contributed by atoms with Gasteiger partial charge in [-0.15, -0.1) is 0 Å². The van der Waals surface area contributed by atoms with Gasteiger partial charge in [0.05, 0.1) is 11.6 Å². The summed E-state index contributed by atoms with van der Waals surface area (Å²) in [5.74, 6) is -0.698. The van der Waals surface area contributed by atoms with Crippen LogP contribution in [0.25, 0.3) is 0 Å². The van der Waals surface area contributed by atoms with Crippen LogP contribution >= 0.6 is 23.2 Å². The summed E-state index contributed by atoms with van der Waals surface area (Å²) >= 11 is 11.8. The van der Waals surface area contributed by atoms with E-state index in [4.69, 9.17) is 27.9 Å². The highest BCUT2D eigenvalue weighted by molar-refractivity contribution is 6.39. The Kier molecular flexibility index (Phi) is 7.03. The third-order valence-corrected chi connectivity index (χ3v) is 3.71. The molecule has 134 valence electrons. The maximum absolute atomic E-state index is 11.7. The third-order valence-electron chi connectivity index (χ3n) is 3.18. The second-order valence-electron chi connectivity index (χ2n) is 5.12. The average molecular weight is 387 g/mol. The quantitative estimate of drug-likeness (QED) is 0.509. The first-order valence-electron chi connectivity index (χ1n) is 7.48. The number of ether oxygens (including phenoxy) is 1. The van der Waals surface area contributed by atoms with Crippen LogP contribution in [0.3, 0.4) is 0 Å². The Bertz CT molecular complexity index is 709. The lowest BCUT2D eigenvalue weighted by molar-refractivity contribution is -0.126. The minimum atomic E-state index is -0.558. The molecule has 1 heterocycles. The molecule has 25 heavy (non-hydrogen) atoms. The molecule has 2 rings (SSSR count). The minimum Gasteiger partial charge on any atom is -0.492 e. The van der Waals surface area contributed by atoms with E-state index >= 15 is 0 Å². The Labute approximate surface area is 153 Å². The summed E-state index contributed by atoms with van der Waals surface area (Å²) in [6.45, 7) is 0.279. The first-order chi connectivity index (χ1) is 12.0. The lowest BCUT2D eigenvalue weighted by Crippen LogP contribution is -2.46. The van der Waals surface area contributed by atoms with Gasteiger partial charge in [-0.2, -0.15) is 5.10 Å². The van der Waals surface area contributed by atoms with E-state index in [1.165, 1.54) is 0 Å². The largest absolute Gasteiger partial charge is 0.492 e. The van der Waals surface area contributed by atoms with E-state index in [1.54, 1.807) is 18.2 Å². The molecule has 3 N–H and O–H groups in total. The molecule has 1 aliphatic heterocycles. The number of amides is 3. The monoisotopic (exact) mass is 386 g/mol. The van der Waals surface area contributed by atoms with Crippen molar-refractivity contribution in [1.82, 2.24) is 16.3 Å². The normalized spacial score (nSPS) is 13.5. The predicted molar refractivity (Wildman–Crippen MR) is 92.3 cm³/mol. The van der Waals surface area contributed by atoms with Gasteiger partial charge >= 0.3 is 0 Å². The number of carbonyl (C=O) groups is 3. The maximum atomic E-state index is 11.7. The van der Waals surface area contributed by atoms with Crippen molar-refractivity contribution in [3.8, 4) is 5.75 Å². The van der Waals surface area contributed by atoms with Gasteiger partial charge in [0.1, 0.15) is 11.5 Å². The number of hydrogen-bond donors (Lipinski definition) is 3. The van der Waals surface area contributed by atoms with Crippen molar-refractivity contribution in [1.29, 1.82) is 0 Å². The molecule has 0 saturated carbocycles. The second kappa shape index (κ2) is 9.24. The van der Waals surface area contributed by atoms with Crippen LogP contribution in [0.2, 0.25) is 10.0 Å². The van der Waals surface area contributed by atoms with Crippen molar-refractivity contribution in [2.24, 2.45) is 5.10 Å². The molecule has 0 bridgehead atoms. The molecular formula is C15H16Cl2N4O4. The van der Waals surface area contributed by atoms with E-state index < -0.39 is 5.91 Å². The highest BCUT2D eigenvalue weighted by atomic mass is 35.5. The molecule has 8 nitrogen and oxygen atoms in total. The van der Waals surface area contributed by atoms with Gasteiger partial charge in [0.2, 0.25) is 11.8 Å². The number of hydrazone groups is 1. The van der Waals surface area contributed by atoms with Crippen LogP contribution in [0.15, 0.2) is 23.3 Å². The molecule has 0 saturated heterocycles. The Hall–Kier alpha value is -2.32. The van der Waals surface area contributed by atoms with Gasteiger partial charge in [0.15, 0.2) is 0 Å². The molecule has 0 atom stereocenters. The van der Waals surface area contributed by atoms with Gasteiger partial charge in [0.25, 0.3) is 5.91 Å². The molecule has 0 fully saturated rings. The number of benzene rings is 1. The smallest absolute Gasteiger partial charge is 0.285 e. The summed E-state index contributed by atoms with van der Waals surface area (Å²) in [4.78, 5) is 34.3. The molecule has 0 aromatic heterocycles. The van der Waals surface area contributed by atoms with E-state index in [-0.39, 0.29) is 43.4 Å². The number of hydrazine groups is 1. The van der Waals surface area contributed by atoms with E-state index in [9.17, 15) is 14.4 Å². The number of nitrogens with one attached hydrogen (secondary N) is 3. The third kappa shape index (κ3) is 6.24. The lowest BCUT2D eigenvalue weighted by atomic mass is 10.2. The molecular weight excluding hydrogens is 371 g/mol. The number of halogens is 2. The van der Waals surface area contributed by atoms with Crippen molar-refractivity contribution in [3.63, 3.8) is 0 Å². The number of nitrogens with zero attached hydrogens (tertiary/aromatic N) is 1. The average Bonchev–Trinajstić information content (AvgIpc) is 2.58. The molecule has 3 amide bonds. The van der Waals surface area contributed by atoms with Gasteiger partial charge in [0, 0.05) is 24.3 Å². The first kappa shape index (κ1) is 19.0. The molecule has 0 aliphatic carbocycles. The zero-order valence-corrected chi connectivity index (χ0v) is 14.6. The van der Waals surface area contributed by atoms with Crippen molar-refractivity contribution in [3.05, 3.63) is 28.2 Å². The molecule has 1 aromatic carbocycles. The summed E-state index contributed by atoms with van der Waals surface area (Å²) in [5.41, 5.74) is 6.88. The summed E-state index contributed by atoms with van der Waals surface area (Å²) in [7, 11) is 0. The number of hydrogen-bond acceptors (Lipinski definition) is 5. The van der Waals surface area contributed by atoms with Crippen LogP contribution in [0.4, 0.5) is 0 Å². The van der Waals surface area contributed by atoms with Crippen LogP contribution in [0, 0.1) is 0 Å². The summed E-state index contributed by atoms with van der Waals surface area (Å²) in [5, 5.41) is 4.53. The van der Waals surface area contributed by atoms with Gasteiger partial charge in [-0.05, 0) is 24.6 Å². The van der Waals surface area contributed by atoms with Gasteiger partial charge in [-0.3, -0.25) is 25.2 Å². The van der Waals surface area contributed by atoms with Crippen LogP contribution in [-0.2, 0) is 14.4 Å². The zero-order chi connectivity index (χ0) is 18.2. The van der Waals surface area contributed by atoms with Gasteiger partial charge in [-0.25, -0.2) is 5.43 Å². The Morgan fingerprint density at radius 2 is 2.04 bits per heavy atom. The fraction of sp³-hybridized carbons (Fsp3) is 0.333. The minimum absolute atomic E-state index is 0.148. The van der Waals surface area contributed by atoms with Gasteiger partial charge in [-0.1, -0.05) is 23.2 Å². The van der Waals surface area contributed by atoms with E-state index in [0.29, 0.717) is 22.2 Å². The highest BCUT2D eigenvalue weighted by Gasteiger charge is 2.18. The van der Waals surface area contributed by atoms with Crippen LogP contribution < -0.4 is 21.0 Å². The molecule has 0 spiro atoms. The topological polar surface area (TPSA) is 109 Å². The maximum Gasteiger partial charge on any atom is 0.285 e. The number of carbonyl (C=O) groups excluding carboxylic acids is 3. The van der Waals surface area contributed by atoms with Crippen LogP contribution in [0.1, 0.15) is 25.7 Å². The first-order valence-corrected chi connectivity index (χ1v) is 8.23. The molecule has 0 radical (unpaired) electrons. The predicted octanol–water partition coefficient (Wildman–Crippen LogP) is 1.57. The summed E-state index contributed by atoms with van der Waals surface area (Å²) < 4.78 is 5.46. The fourth-order valence-corrected chi connectivity index (χ4v) is 2.37. The van der Waals surface area contributed by atoms with Crippen LogP contribution in [0.5, 0.6) is 5.75 Å². The van der Waals surface area contributed by atoms with E-state index in [2.05, 4.69) is 21.4 Å².